The van der Waals surface area contributed by atoms with E-state index in [1.54, 1.807) is 6.33 Å². The number of aromatic nitrogens is 3. The normalized spacial score (nSPS) is 22.5. The van der Waals surface area contributed by atoms with E-state index in [9.17, 15) is 4.79 Å². The molecule has 0 atom stereocenters. The minimum absolute atomic E-state index is 0.103. The predicted octanol–water partition coefficient (Wildman–Crippen LogP) is 3.02. The summed E-state index contributed by atoms with van der Waals surface area (Å²) in [5.74, 6) is 1.30. The van der Waals surface area contributed by atoms with Crippen LogP contribution in [0.3, 0.4) is 0 Å². The van der Waals surface area contributed by atoms with Crippen LogP contribution in [0.4, 0.5) is 0 Å². The largest absolute Gasteiger partial charge is 0.353 e. The monoisotopic (exact) mass is 324 g/mol. The predicted molar refractivity (Wildman–Crippen MR) is 89.7 cm³/mol. The van der Waals surface area contributed by atoms with Gasteiger partial charge in [0.15, 0.2) is 5.16 Å². The Kier molecular flexibility index (Phi) is 5.89. The molecular weight excluding hydrogens is 296 g/mol. The standard InChI is InChI=1S/C16H28N4OS/c1-5-16(2,3)12-6-8-13(9-7-12)18-14(21)10-22-15-19-17-11-20(15)4/h11-13H,5-10H2,1-4H3,(H,18,21). The molecule has 1 aliphatic rings. The summed E-state index contributed by atoms with van der Waals surface area (Å²) in [6.45, 7) is 7.01. The smallest absolute Gasteiger partial charge is 0.230 e. The van der Waals surface area contributed by atoms with Crippen LogP contribution in [-0.4, -0.2) is 32.5 Å². The van der Waals surface area contributed by atoms with E-state index in [0.29, 0.717) is 17.2 Å². The third kappa shape index (κ3) is 4.48. The highest BCUT2D eigenvalue weighted by Gasteiger charge is 2.32. The first-order valence-electron chi connectivity index (χ1n) is 8.18. The van der Waals surface area contributed by atoms with Crippen molar-refractivity contribution >= 4 is 17.7 Å². The van der Waals surface area contributed by atoms with Crippen molar-refractivity contribution < 1.29 is 4.79 Å². The summed E-state index contributed by atoms with van der Waals surface area (Å²) in [4.78, 5) is 12.1. The van der Waals surface area contributed by atoms with E-state index in [1.807, 2.05) is 11.6 Å². The van der Waals surface area contributed by atoms with Crippen molar-refractivity contribution in [3.63, 3.8) is 0 Å². The molecule has 1 aliphatic carbocycles. The maximum atomic E-state index is 12.1. The Bertz CT molecular complexity index is 492. The van der Waals surface area contributed by atoms with Crippen molar-refractivity contribution in [1.29, 1.82) is 0 Å². The lowest BCUT2D eigenvalue weighted by atomic mass is 9.69. The van der Waals surface area contributed by atoms with Gasteiger partial charge in [0.2, 0.25) is 5.91 Å². The molecule has 1 N–H and O–H groups in total. The average molecular weight is 324 g/mol. The van der Waals surface area contributed by atoms with Gasteiger partial charge in [0.05, 0.1) is 5.75 Å². The van der Waals surface area contributed by atoms with E-state index in [0.717, 1.165) is 23.9 Å². The first-order chi connectivity index (χ1) is 10.4. The molecule has 1 amide bonds. The van der Waals surface area contributed by atoms with Crippen LogP contribution in [-0.2, 0) is 11.8 Å². The van der Waals surface area contributed by atoms with Crippen molar-refractivity contribution in [2.75, 3.05) is 5.75 Å². The highest BCUT2D eigenvalue weighted by molar-refractivity contribution is 7.99. The second-order valence-electron chi connectivity index (χ2n) is 6.97. The van der Waals surface area contributed by atoms with Crippen LogP contribution in [0.15, 0.2) is 11.5 Å². The molecule has 1 heterocycles. The summed E-state index contributed by atoms with van der Waals surface area (Å²) in [6, 6.07) is 0.344. The molecule has 1 saturated carbocycles. The van der Waals surface area contributed by atoms with Gasteiger partial charge in [-0.1, -0.05) is 39.0 Å². The van der Waals surface area contributed by atoms with Crippen molar-refractivity contribution in [2.24, 2.45) is 18.4 Å². The highest BCUT2D eigenvalue weighted by Crippen LogP contribution is 2.40. The van der Waals surface area contributed by atoms with Gasteiger partial charge in [-0.25, -0.2) is 0 Å². The van der Waals surface area contributed by atoms with Crippen molar-refractivity contribution in [3.05, 3.63) is 6.33 Å². The maximum Gasteiger partial charge on any atom is 0.230 e. The zero-order valence-electron chi connectivity index (χ0n) is 14.1. The molecule has 124 valence electrons. The fraction of sp³-hybridized carbons (Fsp3) is 0.812. The van der Waals surface area contributed by atoms with E-state index in [2.05, 4.69) is 36.3 Å². The Morgan fingerprint density at radius 2 is 2.09 bits per heavy atom. The molecule has 0 bridgehead atoms. The zero-order valence-corrected chi connectivity index (χ0v) is 14.9. The molecule has 22 heavy (non-hydrogen) atoms. The second-order valence-corrected chi connectivity index (χ2v) is 7.91. The average Bonchev–Trinajstić information content (AvgIpc) is 2.91. The van der Waals surface area contributed by atoms with E-state index in [4.69, 9.17) is 0 Å². The number of hydrogen-bond donors (Lipinski definition) is 1. The van der Waals surface area contributed by atoms with Gasteiger partial charge in [-0.15, -0.1) is 10.2 Å². The fourth-order valence-corrected chi connectivity index (χ4v) is 3.81. The molecule has 1 fully saturated rings. The van der Waals surface area contributed by atoms with E-state index >= 15 is 0 Å². The molecule has 0 saturated heterocycles. The van der Waals surface area contributed by atoms with Gasteiger partial charge in [0, 0.05) is 13.1 Å². The molecule has 0 aliphatic heterocycles. The minimum Gasteiger partial charge on any atom is -0.353 e. The van der Waals surface area contributed by atoms with Crippen LogP contribution < -0.4 is 5.32 Å². The lowest BCUT2D eigenvalue weighted by Crippen LogP contribution is -2.40. The van der Waals surface area contributed by atoms with Gasteiger partial charge in [0.1, 0.15) is 6.33 Å². The quantitative estimate of drug-likeness (QED) is 0.817. The molecule has 6 heteroatoms. The summed E-state index contributed by atoms with van der Waals surface area (Å²) in [6.07, 6.45) is 7.54. The van der Waals surface area contributed by atoms with Crippen LogP contribution in [0, 0.1) is 11.3 Å². The summed E-state index contributed by atoms with van der Waals surface area (Å²) in [5, 5.41) is 11.7. The maximum absolute atomic E-state index is 12.1. The van der Waals surface area contributed by atoms with Crippen molar-refractivity contribution in [1.82, 2.24) is 20.1 Å². The number of nitrogens with zero attached hydrogens (tertiary/aromatic N) is 3. The molecule has 5 nitrogen and oxygen atoms in total. The Morgan fingerprint density at radius 3 is 2.64 bits per heavy atom. The first kappa shape index (κ1) is 17.3. The van der Waals surface area contributed by atoms with Crippen LogP contribution in [0.2, 0.25) is 0 Å². The molecule has 0 aromatic carbocycles. The van der Waals surface area contributed by atoms with Gasteiger partial charge in [-0.2, -0.15) is 0 Å². The topological polar surface area (TPSA) is 59.8 Å². The number of carbonyl (C=O) groups is 1. The summed E-state index contributed by atoms with van der Waals surface area (Å²) >= 11 is 1.44. The van der Waals surface area contributed by atoms with Crippen molar-refractivity contribution in [2.45, 2.75) is 64.1 Å². The third-order valence-corrected chi connectivity index (χ3v) is 6.15. The van der Waals surface area contributed by atoms with Crippen LogP contribution in [0.25, 0.3) is 0 Å². The van der Waals surface area contributed by atoms with E-state index in [1.165, 1.54) is 31.0 Å². The Labute approximate surface area is 137 Å². The second kappa shape index (κ2) is 7.49. The zero-order chi connectivity index (χ0) is 16.2. The molecule has 2 rings (SSSR count). The molecule has 1 aromatic heterocycles. The number of rotatable bonds is 6. The number of hydrogen-bond acceptors (Lipinski definition) is 4. The third-order valence-electron chi connectivity index (χ3n) is 5.11. The Hall–Kier alpha value is -1.04. The number of carbonyl (C=O) groups excluding carboxylic acids is 1. The SMILES string of the molecule is CCC(C)(C)C1CCC(NC(=O)CSc2nncn2C)CC1. The summed E-state index contributed by atoms with van der Waals surface area (Å²) in [5.41, 5.74) is 0.427. The fourth-order valence-electron chi connectivity index (χ4n) is 3.11. The van der Waals surface area contributed by atoms with Crippen LogP contribution in [0.1, 0.15) is 52.9 Å². The number of nitrogens with one attached hydrogen (secondary N) is 1. The molecule has 0 radical (unpaired) electrons. The molecule has 1 aromatic rings. The number of amides is 1. The first-order valence-corrected chi connectivity index (χ1v) is 9.17. The highest BCUT2D eigenvalue weighted by atomic mass is 32.2. The number of aryl methyl sites for hydroxylation is 1. The van der Waals surface area contributed by atoms with Gasteiger partial charge < -0.3 is 9.88 Å². The number of thioether (sulfide) groups is 1. The lowest BCUT2D eigenvalue weighted by Gasteiger charge is -2.39. The molecular formula is C16H28N4OS. The minimum atomic E-state index is 0.103. The summed E-state index contributed by atoms with van der Waals surface area (Å²) in [7, 11) is 1.89. The van der Waals surface area contributed by atoms with Crippen molar-refractivity contribution in [3.8, 4) is 0 Å². The Balaban J connectivity index is 1.72. The Morgan fingerprint density at radius 1 is 1.41 bits per heavy atom. The van der Waals surface area contributed by atoms with E-state index in [-0.39, 0.29) is 5.91 Å². The van der Waals surface area contributed by atoms with Crippen LogP contribution in [0.5, 0.6) is 0 Å². The molecule has 0 unspecified atom stereocenters. The van der Waals surface area contributed by atoms with Gasteiger partial charge in [-0.05, 0) is 37.0 Å². The van der Waals surface area contributed by atoms with Crippen LogP contribution >= 0.6 is 11.8 Å². The summed E-state index contributed by atoms with van der Waals surface area (Å²) < 4.78 is 1.83. The lowest BCUT2D eigenvalue weighted by molar-refractivity contribution is -0.119. The van der Waals surface area contributed by atoms with E-state index < -0.39 is 0 Å². The van der Waals surface area contributed by atoms with Gasteiger partial charge in [-0.3, -0.25) is 4.79 Å². The van der Waals surface area contributed by atoms with Gasteiger partial charge in [0.25, 0.3) is 0 Å². The van der Waals surface area contributed by atoms with Gasteiger partial charge >= 0.3 is 0 Å². The molecule has 0 spiro atoms.